The zero-order valence-corrected chi connectivity index (χ0v) is 13.7. The summed E-state index contributed by atoms with van der Waals surface area (Å²) in [6.45, 7) is 2.46. The fourth-order valence-corrected chi connectivity index (χ4v) is 3.84. The second kappa shape index (κ2) is 6.88. The first-order chi connectivity index (χ1) is 10.6. The molecule has 0 aliphatic carbocycles. The molecule has 2 N–H and O–H groups in total. The van der Waals surface area contributed by atoms with Gasteiger partial charge in [0.2, 0.25) is 5.91 Å². The quantitative estimate of drug-likeness (QED) is 0.871. The average molecular weight is 323 g/mol. The van der Waals surface area contributed by atoms with Gasteiger partial charge in [0.1, 0.15) is 5.75 Å². The van der Waals surface area contributed by atoms with Crippen molar-refractivity contribution in [3.8, 4) is 5.75 Å². The number of piperidine rings is 1. The molecule has 0 spiro atoms. The third kappa shape index (κ3) is 3.73. The number of hydrogen-bond donors (Lipinski definition) is 2. The van der Waals surface area contributed by atoms with E-state index in [1.54, 1.807) is 18.2 Å². The molecule has 2 aliphatic rings. The summed E-state index contributed by atoms with van der Waals surface area (Å²) in [5.41, 5.74) is 0.702. The Labute approximate surface area is 136 Å². The van der Waals surface area contributed by atoms with Crippen molar-refractivity contribution in [2.45, 2.75) is 51.1 Å². The van der Waals surface area contributed by atoms with Crippen LogP contribution >= 0.6 is 11.6 Å². The summed E-state index contributed by atoms with van der Waals surface area (Å²) in [6.07, 6.45) is 5.33. The van der Waals surface area contributed by atoms with Crippen LogP contribution in [0.2, 0.25) is 5.02 Å². The predicted octanol–water partition coefficient (Wildman–Crippen LogP) is 3.60. The number of amides is 1. The number of carbonyl (C=O) groups is 1. The van der Waals surface area contributed by atoms with E-state index in [1.165, 1.54) is 12.8 Å². The van der Waals surface area contributed by atoms with Gasteiger partial charge in [-0.2, -0.15) is 0 Å². The molecule has 5 heteroatoms. The highest BCUT2D eigenvalue weighted by atomic mass is 35.5. The van der Waals surface area contributed by atoms with Gasteiger partial charge in [0.25, 0.3) is 0 Å². The maximum Gasteiger partial charge on any atom is 0.224 e. The Bertz CT molecular complexity index is 537. The normalized spacial score (nSPS) is 26.7. The standard InChI is InChI=1S/C17H23ClN2O2/c1-2-22-16-10-12(18)3-6-15(16)20-17(21)9-11-7-13-4-5-14(8-11)19-13/h3,6,10-11,13-14,19H,2,4-5,7-9H2,1H3,(H,20,21). The van der Waals surface area contributed by atoms with Crippen LogP contribution < -0.4 is 15.4 Å². The van der Waals surface area contributed by atoms with Gasteiger partial charge in [0, 0.05) is 29.6 Å². The number of anilines is 1. The van der Waals surface area contributed by atoms with Gasteiger partial charge in [0.05, 0.1) is 12.3 Å². The van der Waals surface area contributed by atoms with Crippen LogP contribution in [-0.2, 0) is 4.79 Å². The van der Waals surface area contributed by atoms with Crippen LogP contribution in [0.5, 0.6) is 5.75 Å². The minimum absolute atomic E-state index is 0.0644. The van der Waals surface area contributed by atoms with Crippen molar-refractivity contribution >= 4 is 23.2 Å². The number of carbonyl (C=O) groups excluding carboxylic acids is 1. The molecule has 2 aliphatic heterocycles. The van der Waals surface area contributed by atoms with Gasteiger partial charge in [-0.25, -0.2) is 0 Å². The molecule has 2 atom stereocenters. The Morgan fingerprint density at radius 2 is 2.09 bits per heavy atom. The summed E-state index contributed by atoms with van der Waals surface area (Å²) >= 11 is 5.98. The van der Waals surface area contributed by atoms with Crippen LogP contribution in [0, 0.1) is 5.92 Å². The molecule has 0 saturated carbocycles. The van der Waals surface area contributed by atoms with Crippen molar-refractivity contribution in [3.63, 3.8) is 0 Å². The van der Waals surface area contributed by atoms with Crippen molar-refractivity contribution in [1.29, 1.82) is 0 Å². The van der Waals surface area contributed by atoms with Crippen molar-refractivity contribution in [2.24, 2.45) is 5.92 Å². The number of benzene rings is 1. The minimum Gasteiger partial charge on any atom is -0.492 e. The molecule has 120 valence electrons. The summed E-state index contributed by atoms with van der Waals surface area (Å²) in [6, 6.07) is 6.55. The van der Waals surface area contributed by atoms with Crippen LogP contribution in [0.4, 0.5) is 5.69 Å². The van der Waals surface area contributed by atoms with E-state index < -0.39 is 0 Å². The van der Waals surface area contributed by atoms with Crippen LogP contribution in [0.3, 0.4) is 0 Å². The highest BCUT2D eigenvalue weighted by molar-refractivity contribution is 6.30. The second-order valence-electron chi connectivity index (χ2n) is 6.30. The van der Waals surface area contributed by atoms with Crippen LogP contribution in [-0.4, -0.2) is 24.6 Å². The van der Waals surface area contributed by atoms with Crippen molar-refractivity contribution in [2.75, 3.05) is 11.9 Å². The van der Waals surface area contributed by atoms with Crippen molar-refractivity contribution in [1.82, 2.24) is 5.32 Å². The molecule has 1 aromatic carbocycles. The molecule has 3 rings (SSSR count). The molecule has 2 unspecified atom stereocenters. The van der Waals surface area contributed by atoms with E-state index in [2.05, 4.69) is 10.6 Å². The minimum atomic E-state index is 0.0644. The maximum absolute atomic E-state index is 12.3. The lowest BCUT2D eigenvalue weighted by Crippen LogP contribution is -2.39. The zero-order valence-electron chi connectivity index (χ0n) is 12.9. The van der Waals surface area contributed by atoms with E-state index in [9.17, 15) is 4.79 Å². The Morgan fingerprint density at radius 1 is 1.36 bits per heavy atom. The van der Waals surface area contributed by atoms with E-state index >= 15 is 0 Å². The monoisotopic (exact) mass is 322 g/mol. The van der Waals surface area contributed by atoms with Gasteiger partial charge in [-0.1, -0.05) is 11.6 Å². The van der Waals surface area contributed by atoms with Gasteiger partial charge >= 0.3 is 0 Å². The van der Waals surface area contributed by atoms with Gasteiger partial charge in [-0.15, -0.1) is 0 Å². The fourth-order valence-electron chi connectivity index (χ4n) is 3.68. The Morgan fingerprint density at radius 3 is 2.77 bits per heavy atom. The summed E-state index contributed by atoms with van der Waals surface area (Å²) < 4.78 is 5.54. The second-order valence-corrected chi connectivity index (χ2v) is 6.74. The predicted molar refractivity (Wildman–Crippen MR) is 88.5 cm³/mol. The number of halogens is 1. The van der Waals surface area contributed by atoms with Crippen molar-refractivity contribution in [3.05, 3.63) is 23.2 Å². The summed E-state index contributed by atoms with van der Waals surface area (Å²) in [4.78, 5) is 12.3. The molecule has 1 amide bonds. The highest BCUT2D eigenvalue weighted by Crippen LogP contribution is 2.33. The Kier molecular flexibility index (Phi) is 4.89. The Hall–Kier alpha value is -1.26. The van der Waals surface area contributed by atoms with E-state index in [-0.39, 0.29) is 5.91 Å². The highest BCUT2D eigenvalue weighted by Gasteiger charge is 2.34. The number of fused-ring (bicyclic) bond motifs is 2. The molecule has 0 radical (unpaired) electrons. The molecule has 22 heavy (non-hydrogen) atoms. The van der Waals surface area contributed by atoms with Crippen LogP contribution in [0.25, 0.3) is 0 Å². The number of hydrogen-bond acceptors (Lipinski definition) is 3. The van der Waals surface area contributed by atoms with E-state index in [1.807, 2.05) is 6.92 Å². The summed E-state index contributed by atoms with van der Waals surface area (Å²) in [5, 5.41) is 7.19. The lowest BCUT2D eigenvalue weighted by atomic mass is 9.89. The largest absolute Gasteiger partial charge is 0.492 e. The molecular weight excluding hydrogens is 300 g/mol. The van der Waals surface area contributed by atoms with Gasteiger partial charge in [0.15, 0.2) is 0 Å². The molecule has 2 bridgehead atoms. The fraction of sp³-hybridized carbons (Fsp3) is 0.588. The van der Waals surface area contributed by atoms with Gasteiger partial charge < -0.3 is 15.4 Å². The van der Waals surface area contributed by atoms with E-state index in [0.29, 0.717) is 47.5 Å². The topological polar surface area (TPSA) is 50.4 Å². The average Bonchev–Trinajstić information content (AvgIpc) is 2.81. The van der Waals surface area contributed by atoms with E-state index in [4.69, 9.17) is 16.3 Å². The molecule has 2 fully saturated rings. The first kappa shape index (κ1) is 15.6. The van der Waals surface area contributed by atoms with E-state index in [0.717, 1.165) is 12.8 Å². The zero-order chi connectivity index (χ0) is 15.5. The number of ether oxygens (including phenoxy) is 1. The lowest BCUT2D eigenvalue weighted by Gasteiger charge is -2.28. The smallest absolute Gasteiger partial charge is 0.224 e. The summed E-state index contributed by atoms with van der Waals surface area (Å²) in [5.74, 6) is 1.19. The molecule has 4 nitrogen and oxygen atoms in total. The third-order valence-electron chi connectivity index (χ3n) is 4.56. The molecule has 0 aromatic heterocycles. The first-order valence-corrected chi connectivity index (χ1v) is 8.50. The van der Waals surface area contributed by atoms with Gasteiger partial charge in [-0.05, 0) is 50.7 Å². The molecule has 2 saturated heterocycles. The molecular formula is C17H23ClN2O2. The Balaban J connectivity index is 1.59. The van der Waals surface area contributed by atoms with Crippen LogP contribution in [0.1, 0.15) is 39.0 Å². The summed E-state index contributed by atoms with van der Waals surface area (Å²) in [7, 11) is 0. The van der Waals surface area contributed by atoms with Crippen molar-refractivity contribution < 1.29 is 9.53 Å². The SMILES string of the molecule is CCOc1cc(Cl)ccc1NC(=O)CC1CC2CCC(C1)N2. The first-order valence-electron chi connectivity index (χ1n) is 8.12. The molecule has 2 heterocycles. The third-order valence-corrected chi connectivity index (χ3v) is 4.80. The lowest BCUT2D eigenvalue weighted by molar-refractivity contribution is -0.117. The molecule has 1 aromatic rings. The number of rotatable bonds is 5. The maximum atomic E-state index is 12.3. The van der Waals surface area contributed by atoms with Gasteiger partial charge in [-0.3, -0.25) is 4.79 Å². The number of nitrogens with one attached hydrogen (secondary N) is 2. The van der Waals surface area contributed by atoms with Crippen LogP contribution in [0.15, 0.2) is 18.2 Å².